The highest BCUT2D eigenvalue weighted by Gasteiger charge is 2.48. The highest BCUT2D eigenvalue weighted by molar-refractivity contribution is 7.66. The van der Waals surface area contributed by atoms with E-state index in [0.29, 0.717) is 0 Å². The zero-order chi connectivity index (χ0) is 24.8. The smallest absolute Gasteiger partial charge is 0.387 e. The van der Waals surface area contributed by atoms with E-state index in [2.05, 4.69) is 28.1 Å². The molecule has 2 unspecified atom stereocenters. The van der Waals surface area contributed by atoms with Gasteiger partial charge in [0, 0.05) is 7.11 Å². The fourth-order valence-corrected chi connectivity index (χ4v) is 5.98. The number of aromatic nitrogens is 4. The van der Waals surface area contributed by atoms with Crippen LogP contribution in [0.3, 0.4) is 0 Å². The highest BCUT2D eigenvalue weighted by atomic mass is 31.3. The Bertz CT molecular complexity index is 1170. The number of nitrogens with zero attached hydrogens (tertiary/aromatic N) is 4. The predicted molar refractivity (Wildman–Crippen MR) is 105 cm³/mol. The SMILES string of the molecule is CO[C@@H]1[C@H](O)[C@@H](COP(=O)(O)OP(=O)(O)OP(=O)(O)O)O[C@H]1n1cnc2c(N)nc(N)nc21. The van der Waals surface area contributed by atoms with Crippen LogP contribution in [0.4, 0.5) is 11.8 Å². The van der Waals surface area contributed by atoms with Gasteiger partial charge >= 0.3 is 23.5 Å². The molecule has 19 nitrogen and oxygen atoms in total. The van der Waals surface area contributed by atoms with Crippen molar-refractivity contribution in [2.75, 3.05) is 25.2 Å². The molecule has 0 aliphatic carbocycles. The van der Waals surface area contributed by atoms with Gasteiger partial charge in [0.2, 0.25) is 5.95 Å². The second-order valence-corrected chi connectivity index (χ2v) is 10.9. The van der Waals surface area contributed by atoms with Crippen molar-refractivity contribution in [3.05, 3.63) is 6.33 Å². The third kappa shape index (κ3) is 6.12. The number of anilines is 2. The van der Waals surface area contributed by atoms with E-state index in [1.807, 2.05) is 0 Å². The first-order valence-electron chi connectivity index (χ1n) is 8.52. The summed E-state index contributed by atoms with van der Waals surface area (Å²) < 4.78 is 57.9. The highest BCUT2D eigenvalue weighted by Crippen LogP contribution is 2.66. The summed E-state index contributed by atoms with van der Waals surface area (Å²) in [6.45, 7) is -0.896. The molecular weight excluding hydrogens is 517 g/mol. The summed E-state index contributed by atoms with van der Waals surface area (Å²) in [5, 5.41) is 10.5. The number of aliphatic hydroxyl groups excluding tert-OH is 1. The molecule has 0 radical (unpaired) electrons. The molecule has 0 bridgehead atoms. The maximum Gasteiger partial charge on any atom is 0.490 e. The first-order chi connectivity index (χ1) is 15.1. The van der Waals surface area contributed by atoms with Gasteiger partial charge in [-0.25, -0.2) is 18.7 Å². The maximum atomic E-state index is 11.9. The zero-order valence-electron chi connectivity index (χ0n) is 16.4. The molecule has 0 spiro atoms. The molecule has 1 aliphatic rings. The van der Waals surface area contributed by atoms with Crippen LogP contribution in [0, 0.1) is 0 Å². The van der Waals surface area contributed by atoms with Gasteiger partial charge in [0.1, 0.15) is 23.8 Å². The number of hydrogen-bond acceptors (Lipinski definition) is 14. The summed E-state index contributed by atoms with van der Waals surface area (Å²) in [5.74, 6) is -0.188. The number of aliphatic hydroxyl groups is 1. The van der Waals surface area contributed by atoms with E-state index in [4.69, 9.17) is 30.7 Å². The van der Waals surface area contributed by atoms with Gasteiger partial charge in [-0.3, -0.25) is 9.09 Å². The molecule has 1 fully saturated rings. The number of nitrogens with two attached hydrogens (primary N) is 2. The molecule has 0 saturated carbocycles. The molecule has 22 heteroatoms. The summed E-state index contributed by atoms with van der Waals surface area (Å²) in [6.07, 6.45) is -3.78. The van der Waals surface area contributed by atoms with E-state index in [-0.39, 0.29) is 22.9 Å². The fourth-order valence-electron chi connectivity index (χ4n) is 2.95. The number of phosphoric ester groups is 1. The molecule has 0 aromatic carbocycles. The van der Waals surface area contributed by atoms with Gasteiger partial charge in [-0.15, -0.1) is 0 Å². The minimum absolute atomic E-state index is 0.0204. The number of hydrogen-bond donors (Lipinski definition) is 7. The molecule has 3 rings (SSSR count). The summed E-state index contributed by atoms with van der Waals surface area (Å²) in [6, 6.07) is 0. The Morgan fingerprint density at radius 1 is 1.12 bits per heavy atom. The topological polar surface area (TPSA) is 294 Å². The Labute approximate surface area is 183 Å². The van der Waals surface area contributed by atoms with Crippen LogP contribution >= 0.6 is 23.5 Å². The van der Waals surface area contributed by atoms with E-state index < -0.39 is 54.6 Å². The van der Waals surface area contributed by atoms with Crippen LogP contribution in [0.25, 0.3) is 11.2 Å². The van der Waals surface area contributed by atoms with Gasteiger partial charge in [-0.2, -0.15) is 18.6 Å². The normalized spacial score (nSPS) is 27.5. The molecule has 9 N–H and O–H groups in total. The van der Waals surface area contributed by atoms with Crippen molar-refractivity contribution < 1.29 is 61.0 Å². The Morgan fingerprint density at radius 2 is 1.79 bits per heavy atom. The van der Waals surface area contributed by atoms with Crippen LogP contribution in [-0.4, -0.2) is 76.2 Å². The number of methoxy groups -OCH3 is 1. The van der Waals surface area contributed by atoms with E-state index in [1.165, 1.54) is 18.0 Å². The standard InChI is InChI=1S/C11H19N6O13P3/c1-26-7-6(18)4(2-27-32(22,23)30-33(24,25)29-31(19,20)21)28-10(7)17-3-14-5-8(12)15-11(13)16-9(5)17/h3-4,6-7,10,18H,2H2,1H3,(H,22,23)(H,24,25)(H2,19,20,21)(H4,12,13,15,16)/t4-,6-,7-,10-/m1/s1. The third-order valence-electron chi connectivity index (χ3n) is 4.14. The van der Waals surface area contributed by atoms with Crippen molar-refractivity contribution in [2.24, 2.45) is 0 Å². The fraction of sp³-hybridized carbons (Fsp3) is 0.545. The summed E-state index contributed by atoms with van der Waals surface area (Å²) in [4.78, 5) is 47.7. The lowest BCUT2D eigenvalue weighted by atomic mass is 10.1. The second-order valence-electron chi connectivity index (χ2n) is 6.43. The Balaban J connectivity index is 1.75. The van der Waals surface area contributed by atoms with Crippen LogP contribution in [0.2, 0.25) is 0 Å². The Morgan fingerprint density at radius 3 is 2.39 bits per heavy atom. The van der Waals surface area contributed by atoms with Gasteiger partial charge in [-0.05, 0) is 0 Å². The van der Waals surface area contributed by atoms with Gasteiger partial charge < -0.3 is 45.6 Å². The van der Waals surface area contributed by atoms with Gasteiger partial charge in [-0.1, -0.05) is 0 Å². The second kappa shape index (κ2) is 9.24. The minimum Gasteiger partial charge on any atom is -0.387 e. The predicted octanol–water partition coefficient (Wildman–Crippen LogP) is -1.39. The lowest BCUT2D eigenvalue weighted by Gasteiger charge is -2.20. The molecular formula is C11H19N6O13P3. The average molecular weight is 536 g/mol. The van der Waals surface area contributed by atoms with Crippen LogP contribution < -0.4 is 11.5 Å². The molecule has 0 amide bonds. The van der Waals surface area contributed by atoms with Crippen molar-refractivity contribution >= 4 is 46.4 Å². The maximum absolute atomic E-state index is 11.9. The molecule has 3 heterocycles. The van der Waals surface area contributed by atoms with E-state index >= 15 is 0 Å². The summed E-state index contributed by atoms with van der Waals surface area (Å²) in [5.41, 5.74) is 11.7. The minimum atomic E-state index is -5.70. The Hall–Kier alpha value is -1.56. The van der Waals surface area contributed by atoms with Gasteiger partial charge in [0.15, 0.2) is 17.7 Å². The summed E-state index contributed by atoms with van der Waals surface area (Å²) in [7, 11) is -15.4. The van der Waals surface area contributed by atoms with Crippen molar-refractivity contribution in [1.29, 1.82) is 0 Å². The van der Waals surface area contributed by atoms with Crippen molar-refractivity contribution in [1.82, 2.24) is 19.5 Å². The number of imidazole rings is 1. The van der Waals surface area contributed by atoms with Gasteiger partial charge in [0.25, 0.3) is 0 Å². The quantitative estimate of drug-likeness (QED) is 0.181. The molecule has 1 aliphatic heterocycles. The van der Waals surface area contributed by atoms with Crippen molar-refractivity contribution in [3.8, 4) is 0 Å². The average Bonchev–Trinajstić information content (AvgIpc) is 3.17. The van der Waals surface area contributed by atoms with E-state index in [1.54, 1.807) is 0 Å². The number of ether oxygens (including phenoxy) is 2. The largest absolute Gasteiger partial charge is 0.490 e. The van der Waals surface area contributed by atoms with Crippen molar-refractivity contribution in [3.63, 3.8) is 0 Å². The number of phosphoric acid groups is 3. The number of fused-ring (bicyclic) bond motifs is 1. The van der Waals surface area contributed by atoms with Crippen molar-refractivity contribution in [2.45, 2.75) is 24.5 Å². The van der Waals surface area contributed by atoms with Crippen LogP contribution in [0.5, 0.6) is 0 Å². The lowest BCUT2D eigenvalue weighted by Crippen LogP contribution is -2.35. The molecule has 2 aromatic heterocycles. The molecule has 33 heavy (non-hydrogen) atoms. The molecule has 2 aromatic rings. The lowest BCUT2D eigenvalue weighted by molar-refractivity contribution is -0.0577. The van der Waals surface area contributed by atoms with E-state index in [0.717, 1.165) is 0 Å². The van der Waals surface area contributed by atoms with Crippen LogP contribution in [0.1, 0.15) is 6.23 Å². The Kier molecular flexibility index (Phi) is 7.29. The third-order valence-corrected chi connectivity index (χ3v) is 7.95. The van der Waals surface area contributed by atoms with Crippen LogP contribution in [0.15, 0.2) is 6.33 Å². The van der Waals surface area contributed by atoms with E-state index in [9.17, 15) is 28.6 Å². The van der Waals surface area contributed by atoms with Gasteiger partial charge in [0.05, 0.1) is 12.9 Å². The van der Waals surface area contributed by atoms with Crippen LogP contribution in [-0.2, 0) is 36.3 Å². The molecule has 186 valence electrons. The monoisotopic (exact) mass is 536 g/mol. The first-order valence-corrected chi connectivity index (χ1v) is 13.0. The zero-order valence-corrected chi connectivity index (χ0v) is 19.1. The number of rotatable bonds is 9. The first kappa shape index (κ1) is 26.1. The summed E-state index contributed by atoms with van der Waals surface area (Å²) >= 11 is 0. The number of nitrogen functional groups attached to an aromatic ring is 2. The molecule has 1 saturated heterocycles. The molecule has 6 atom stereocenters.